The second-order valence-electron chi connectivity index (χ2n) is 7.98. The van der Waals surface area contributed by atoms with Gasteiger partial charge in [0.25, 0.3) is 0 Å². The first-order chi connectivity index (χ1) is 12.6. The van der Waals surface area contributed by atoms with Gasteiger partial charge in [-0.3, -0.25) is 14.7 Å². The molecule has 2 aromatic rings. The number of benzene rings is 1. The first-order valence-electron chi connectivity index (χ1n) is 9.57. The predicted molar refractivity (Wildman–Crippen MR) is 103 cm³/mol. The van der Waals surface area contributed by atoms with E-state index in [1.165, 1.54) is 5.56 Å². The molecule has 1 amide bonds. The molecule has 136 valence electrons. The number of pyridine rings is 1. The molecule has 2 atom stereocenters. The van der Waals surface area contributed by atoms with Crippen LogP contribution in [0.4, 0.5) is 0 Å². The molecule has 26 heavy (non-hydrogen) atoms. The molecule has 1 spiro atoms. The number of hydrogen-bond acceptors (Lipinski definition) is 3. The third kappa shape index (κ3) is 2.92. The van der Waals surface area contributed by atoms with Crippen molar-refractivity contribution in [2.45, 2.75) is 38.8 Å². The van der Waals surface area contributed by atoms with E-state index >= 15 is 0 Å². The van der Waals surface area contributed by atoms with Gasteiger partial charge in [0.15, 0.2) is 0 Å². The number of likely N-dealkylation sites (tertiary alicyclic amines) is 2. The molecule has 1 aromatic heterocycles. The van der Waals surface area contributed by atoms with Gasteiger partial charge in [0.1, 0.15) is 0 Å². The van der Waals surface area contributed by atoms with Crippen LogP contribution in [0, 0.1) is 5.41 Å². The second-order valence-corrected chi connectivity index (χ2v) is 7.98. The van der Waals surface area contributed by atoms with Gasteiger partial charge in [-0.25, -0.2) is 0 Å². The maximum atomic E-state index is 13.6. The molecule has 0 radical (unpaired) electrons. The summed E-state index contributed by atoms with van der Waals surface area (Å²) in [6, 6.07) is 15.1. The van der Waals surface area contributed by atoms with Crippen molar-refractivity contribution >= 4 is 5.91 Å². The minimum Gasteiger partial charge on any atom is -0.338 e. The van der Waals surface area contributed by atoms with Gasteiger partial charge in [-0.2, -0.15) is 0 Å². The Balaban J connectivity index is 1.63. The molecule has 4 nitrogen and oxygen atoms in total. The highest BCUT2D eigenvalue weighted by molar-refractivity contribution is 5.87. The fraction of sp³-hybridized carbons (Fsp3) is 0.455. The van der Waals surface area contributed by atoms with E-state index in [0.29, 0.717) is 18.5 Å². The SMILES string of the molecule is CC(C)N1C[C@H](c2ccccc2)[C@]2(CCN(Cc3cccnc3)C2=O)C1. The van der Waals surface area contributed by atoms with Crippen LogP contribution in [-0.4, -0.2) is 46.4 Å². The molecular formula is C22H27N3O. The highest BCUT2D eigenvalue weighted by Gasteiger charge is 2.57. The molecule has 4 rings (SSSR count). The third-order valence-electron chi connectivity index (χ3n) is 6.14. The molecule has 3 heterocycles. The van der Waals surface area contributed by atoms with Gasteiger partial charge >= 0.3 is 0 Å². The number of rotatable bonds is 4. The van der Waals surface area contributed by atoms with Crippen molar-refractivity contribution in [2.24, 2.45) is 5.41 Å². The minimum absolute atomic E-state index is 0.275. The van der Waals surface area contributed by atoms with Gasteiger partial charge in [-0.15, -0.1) is 0 Å². The average Bonchev–Trinajstić information content (AvgIpc) is 3.20. The van der Waals surface area contributed by atoms with Crippen LogP contribution in [-0.2, 0) is 11.3 Å². The standard InChI is InChI=1S/C22H27N3O/c1-17(2)25-15-20(19-8-4-3-5-9-19)22(16-25)10-12-24(21(22)26)14-18-7-6-11-23-13-18/h3-9,11,13,17,20H,10,12,14-16H2,1-2H3/t20-,22+/m1/s1. The van der Waals surface area contributed by atoms with E-state index in [0.717, 1.165) is 31.6 Å². The average molecular weight is 349 g/mol. The van der Waals surface area contributed by atoms with Crippen LogP contribution in [0.2, 0.25) is 0 Å². The van der Waals surface area contributed by atoms with Crippen molar-refractivity contribution in [1.29, 1.82) is 0 Å². The smallest absolute Gasteiger partial charge is 0.231 e. The fourth-order valence-electron chi connectivity index (χ4n) is 4.64. The summed E-state index contributed by atoms with van der Waals surface area (Å²) in [5.74, 6) is 0.593. The summed E-state index contributed by atoms with van der Waals surface area (Å²) in [5, 5.41) is 0. The van der Waals surface area contributed by atoms with Crippen LogP contribution in [0.25, 0.3) is 0 Å². The summed E-state index contributed by atoms with van der Waals surface area (Å²) in [6.45, 7) is 7.79. The van der Waals surface area contributed by atoms with E-state index in [2.05, 4.69) is 60.1 Å². The molecular weight excluding hydrogens is 322 g/mol. The van der Waals surface area contributed by atoms with E-state index in [9.17, 15) is 4.79 Å². The molecule has 0 N–H and O–H groups in total. The molecule has 2 aliphatic heterocycles. The minimum atomic E-state index is -0.284. The zero-order valence-corrected chi connectivity index (χ0v) is 15.6. The Morgan fingerprint density at radius 3 is 2.69 bits per heavy atom. The van der Waals surface area contributed by atoms with Crippen molar-refractivity contribution in [3.05, 3.63) is 66.0 Å². The van der Waals surface area contributed by atoms with E-state index in [-0.39, 0.29) is 11.3 Å². The first-order valence-corrected chi connectivity index (χ1v) is 9.57. The lowest BCUT2D eigenvalue weighted by molar-refractivity contribution is -0.136. The van der Waals surface area contributed by atoms with Crippen LogP contribution in [0.1, 0.15) is 37.3 Å². The number of hydrogen-bond donors (Lipinski definition) is 0. The Morgan fingerprint density at radius 1 is 1.19 bits per heavy atom. The van der Waals surface area contributed by atoms with Crippen LogP contribution >= 0.6 is 0 Å². The van der Waals surface area contributed by atoms with Crippen molar-refractivity contribution < 1.29 is 4.79 Å². The van der Waals surface area contributed by atoms with Gasteiger partial charge in [0.05, 0.1) is 5.41 Å². The Labute approximate surface area is 155 Å². The fourth-order valence-corrected chi connectivity index (χ4v) is 4.64. The third-order valence-corrected chi connectivity index (χ3v) is 6.14. The van der Waals surface area contributed by atoms with E-state index in [1.807, 2.05) is 17.2 Å². The second kappa shape index (κ2) is 6.84. The number of carbonyl (C=O) groups is 1. The molecule has 0 aliphatic carbocycles. The summed E-state index contributed by atoms with van der Waals surface area (Å²) >= 11 is 0. The Bertz CT molecular complexity index is 761. The summed E-state index contributed by atoms with van der Waals surface area (Å²) in [4.78, 5) is 22.3. The molecule has 0 bridgehead atoms. The van der Waals surface area contributed by atoms with Gasteiger partial charge in [0, 0.05) is 50.5 Å². The molecule has 4 heteroatoms. The molecule has 2 fully saturated rings. The van der Waals surface area contributed by atoms with E-state index in [4.69, 9.17) is 0 Å². The molecule has 2 aliphatic rings. The summed E-state index contributed by atoms with van der Waals surface area (Å²) in [7, 11) is 0. The maximum absolute atomic E-state index is 13.6. The normalized spacial score (nSPS) is 26.3. The zero-order valence-electron chi connectivity index (χ0n) is 15.6. The van der Waals surface area contributed by atoms with Gasteiger partial charge in [-0.05, 0) is 37.5 Å². The Morgan fingerprint density at radius 2 is 2.00 bits per heavy atom. The Kier molecular flexibility index (Phi) is 4.53. The summed E-state index contributed by atoms with van der Waals surface area (Å²) < 4.78 is 0. The van der Waals surface area contributed by atoms with Crippen molar-refractivity contribution in [1.82, 2.24) is 14.8 Å². The Hall–Kier alpha value is -2.20. The quantitative estimate of drug-likeness (QED) is 0.850. The lowest BCUT2D eigenvalue weighted by Crippen LogP contribution is -2.40. The van der Waals surface area contributed by atoms with Gasteiger partial charge in [-0.1, -0.05) is 36.4 Å². The largest absolute Gasteiger partial charge is 0.338 e. The summed E-state index contributed by atoms with van der Waals surface area (Å²) in [6.07, 6.45) is 4.58. The number of aromatic nitrogens is 1. The van der Waals surface area contributed by atoms with Crippen LogP contribution in [0.15, 0.2) is 54.9 Å². The van der Waals surface area contributed by atoms with Gasteiger partial charge < -0.3 is 4.90 Å². The van der Waals surface area contributed by atoms with Crippen molar-refractivity contribution in [2.75, 3.05) is 19.6 Å². The highest BCUT2D eigenvalue weighted by atomic mass is 16.2. The van der Waals surface area contributed by atoms with Crippen LogP contribution in [0.5, 0.6) is 0 Å². The maximum Gasteiger partial charge on any atom is 0.231 e. The first kappa shape index (κ1) is 17.2. The van der Waals surface area contributed by atoms with Crippen LogP contribution in [0.3, 0.4) is 0 Å². The summed E-state index contributed by atoms with van der Waals surface area (Å²) in [5.41, 5.74) is 2.12. The lowest BCUT2D eigenvalue weighted by Gasteiger charge is -2.29. The molecule has 0 saturated carbocycles. The number of carbonyl (C=O) groups excluding carboxylic acids is 1. The monoisotopic (exact) mass is 349 g/mol. The van der Waals surface area contributed by atoms with E-state index in [1.54, 1.807) is 6.20 Å². The highest BCUT2D eigenvalue weighted by Crippen LogP contribution is 2.50. The number of amides is 1. The molecule has 1 aromatic carbocycles. The molecule has 0 unspecified atom stereocenters. The number of nitrogens with zero attached hydrogens (tertiary/aromatic N) is 3. The van der Waals surface area contributed by atoms with Gasteiger partial charge in [0.2, 0.25) is 5.91 Å². The predicted octanol–water partition coefficient (Wildman–Crippen LogP) is 3.31. The van der Waals surface area contributed by atoms with Crippen LogP contribution < -0.4 is 0 Å². The van der Waals surface area contributed by atoms with E-state index < -0.39 is 0 Å². The molecule has 2 saturated heterocycles. The topological polar surface area (TPSA) is 36.4 Å². The van der Waals surface area contributed by atoms with Crippen molar-refractivity contribution in [3.63, 3.8) is 0 Å². The van der Waals surface area contributed by atoms with Crippen molar-refractivity contribution in [3.8, 4) is 0 Å². The lowest BCUT2D eigenvalue weighted by atomic mass is 9.73. The zero-order chi connectivity index (χ0) is 18.1.